The second kappa shape index (κ2) is 6.97. The van der Waals surface area contributed by atoms with Gasteiger partial charge in [-0.2, -0.15) is 18.3 Å². The van der Waals surface area contributed by atoms with Crippen molar-refractivity contribution in [3.63, 3.8) is 0 Å². The highest BCUT2D eigenvalue weighted by Gasteiger charge is 2.55. The van der Waals surface area contributed by atoms with Gasteiger partial charge in [-0.3, -0.25) is 19.8 Å². The lowest BCUT2D eigenvalue weighted by atomic mass is 9.92. The van der Waals surface area contributed by atoms with Crippen molar-refractivity contribution in [1.29, 1.82) is 0 Å². The summed E-state index contributed by atoms with van der Waals surface area (Å²) in [6, 6.07) is 8.85. The number of hydrogen-bond acceptors (Lipinski definition) is 6. The zero-order chi connectivity index (χ0) is 21.6. The number of halogens is 3. The number of ketones is 1. The van der Waals surface area contributed by atoms with Gasteiger partial charge in [0.05, 0.1) is 18.4 Å². The van der Waals surface area contributed by atoms with E-state index in [1.807, 2.05) is 0 Å². The molecule has 1 N–H and O–H groups in total. The number of fused-ring (bicyclic) bond motifs is 1. The minimum atomic E-state index is -4.63. The van der Waals surface area contributed by atoms with E-state index >= 15 is 0 Å². The molecule has 0 saturated carbocycles. The zero-order valence-corrected chi connectivity index (χ0v) is 15.4. The van der Waals surface area contributed by atoms with Crippen LogP contribution >= 0.6 is 0 Å². The third-order valence-corrected chi connectivity index (χ3v) is 4.94. The maximum absolute atomic E-state index is 13.0. The number of nitrogens with one attached hydrogen (secondary N) is 1. The first-order chi connectivity index (χ1) is 14.2. The van der Waals surface area contributed by atoms with Crippen LogP contribution in [0.25, 0.3) is 0 Å². The van der Waals surface area contributed by atoms with Gasteiger partial charge in [0.1, 0.15) is 23.4 Å². The van der Waals surface area contributed by atoms with Gasteiger partial charge in [-0.25, -0.2) is 4.90 Å². The first-order valence-electron chi connectivity index (χ1n) is 8.79. The number of hydrazone groups is 1. The Morgan fingerprint density at radius 2 is 1.80 bits per heavy atom. The third kappa shape index (κ3) is 3.10. The van der Waals surface area contributed by atoms with E-state index in [4.69, 9.17) is 4.74 Å². The Kier molecular flexibility index (Phi) is 4.56. The van der Waals surface area contributed by atoms with Gasteiger partial charge < -0.3 is 4.74 Å². The molecule has 10 heteroatoms. The maximum atomic E-state index is 13.0. The quantitative estimate of drug-likeness (QED) is 0.610. The van der Waals surface area contributed by atoms with Crippen LogP contribution in [0.3, 0.4) is 0 Å². The van der Waals surface area contributed by atoms with Crippen LogP contribution in [0, 0.1) is 5.92 Å². The molecule has 2 unspecified atom stereocenters. The highest BCUT2D eigenvalue weighted by Crippen LogP contribution is 2.35. The number of anilines is 1. The zero-order valence-electron chi connectivity index (χ0n) is 15.4. The molecule has 2 atom stereocenters. The van der Waals surface area contributed by atoms with Gasteiger partial charge in [-0.1, -0.05) is 6.07 Å². The molecule has 4 rings (SSSR count). The molecule has 30 heavy (non-hydrogen) atoms. The first kappa shape index (κ1) is 19.6. The molecule has 0 aromatic heterocycles. The highest BCUT2D eigenvalue weighted by atomic mass is 19.4. The molecule has 2 aliphatic rings. The summed E-state index contributed by atoms with van der Waals surface area (Å²) in [6.45, 7) is 0. The number of Topliss-reactive ketones (excluding diaryl/α,β-unsaturated/α-hetero) is 1. The van der Waals surface area contributed by atoms with Crippen molar-refractivity contribution in [3.05, 3.63) is 59.7 Å². The van der Waals surface area contributed by atoms with E-state index in [1.54, 1.807) is 12.1 Å². The molecule has 1 fully saturated rings. The van der Waals surface area contributed by atoms with Crippen molar-refractivity contribution >= 4 is 29.0 Å². The molecule has 0 aliphatic carbocycles. The van der Waals surface area contributed by atoms with Crippen LogP contribution in [0.5, 0.6) is 5.75 Å². The number of amides is 2. The summed E-state index contributed by atoms with van der Waals surface area (Å²) in [5.41, 5.74) is 1.33. The van der Waals surface area contributed by atoms with Crippen LogP contribution < -0.4 is 15.1 Å². The Morgan fingerprint density at radius 1 is 1.10 bits per heavy atom. The lowest BCUT2D eigenvalue weighted by Crippen LogP contribution is -2.36. The van der Waals surface area contributed by atoms with E-state index < -0.39 is 41.3 Å². The molecule has 7 nitrogen and oxygen atoms in total. The van der Waals surface area contributed by atoms with E-state index in [2.05, 4.69) is 10.5 Å². The number of methoxy groups -OCH3 is 1. The monoisotopic (exact) mass is 417 g/mol. The van der Waals surface area contributed by atoms with Gasteiger partial charge in [0.25, 0.3) is 5.91 Å². The van der Waals surface area contributed by atoms with Crippen LogP contribution in [0.1, 0.15) is 15.9 Å². The van der Waals surface area contributed by atoms with Crippen LogP contribution in [0.15, 0.2) is 53.6 Å². The van der Waals surface area contributed by atoms with Crippen molar-refractivity contribution in [2.24, 2.45) is 11.0 Å². The van der Waals surface area contributed by atoms with Gasteiger partial charge >= 0.3 is 6.18 Å². The number of hydrogen-bond donors (Lipinski definition) is 1. The van der Waals surface area contributed by atoms with Gasteiger partial charge in [0.15, 0.2) is 0 Å². The standard InChI is InChI=1S/C20H14F3N3O4/c1-30-13-7-5-10(6-8-13)17(27)15-14-16(25-24-15)19(29)26(18(14)28)12-4-2-3-11(9-12)20(21,22)23/h2-9,14,16,25H,1H3. The average molecular weight is 417 g/mol. The molecular weight excluding hydrogens is 403 g/mol. The van der Waals surface area contributed by atoms with Crippen LogP contribution in [0.4, 0.5) is 18.9 Å². The summed E-state index contributed by atoms with van der Waals surface area (Å²) in [5, 5.41) is 3.86. The number of alkyl halides is 3. The molecule has 2 aromatic rings. The fourth-order valence-electron chi connectivity index (χ4n) is 3.44. The maximum Gasteiger partial charge on any atom is 0.416 e. The summed E-state index contributed by atoms with van der Waals surface area (Å²) >= 11 is 0. The number of benzene rings is 2. The fraction of sp³-hybridized carbons (Fsp3) is 0.200. The lowest BCUT2D eigenvalue weighted by Gasteiger charge is -2.17. The van der Waals surface area contributed by atoms with E-state index in [1.165, 1.54) is 25.3 Å². The van der Waals surface area contributed by atoms with E-state index in [0.29, 0.717) is 10.6 Å². The Balaban J connectivity index is 1.64. The summed E-state index contributed by atoms with van der Waals surface area (Å²) < 4.78 is 44.1. The van der Waals surface area contributed by atoms with E-state index in [-0.39, 0.29) is 17.0 Å². The first-order valence-corrected chi connectivity index (χ1v) is 8.79. The van der Waals surface area contributed by atoms with E-state index in [9.17, 15) is 27.6 Å². The molecule has 2 amide bonds. The Morgan fingerprint density at radius 3 is 2.43 bits per heavy atom. The second-order valence-corrected chi connectivity index (χ2v) is 6.70. The Bertz CT molecular complexity index is 1080. The van der Waals surface area contributed by atoms with Crippen molar-refractivity contribution in [3.8, 4) is 5.75 Å². The summed E-state index contributed by atoms with van der Waals surface area (Å²) in [6.07, 6.45) is -4.63. The second-order valence-electron chi connectivity index (χ2n) is 6.70. The summed E-state index contributed by atoms with van der Waals surface area (Å²) in [5.74, 6) is -2.84. The number of imide groups is 1. The summed E-state index contributed by atoms with van der Waals surface area (Å²) in [7, 11) is 1.47. The number of carbonyl (C=O) groups excluding carboxylic acids is 3. The van der Waals surface area contributed by atoms with Crippen molar-refractivity contribution in [2.75, 3.05) is 12.0 Å². The van der Waals surface area contributed by atoms with Crippen LogP contribution in [-0.2, 0) is 15.8 Å². The minimum absolute atomic E-state index is 0.169. The van der Waals surface area contributed by atoms with Crippen molar-refractivity contribution in [1.82, 2.24) is 5.43 Å². The smallest absolute Gasteiger partial charge is 0.416 e. The molecule has 0 radical (unpaired) electrons. The van der Waals surface area contributed by atoms with Crippen LogP contribution in [-0.4, -0.2) is 36.5 Å². The largest absolute Gasteiger partial charge is 0.497 e. The molecule has 2 heterocycles. The van der Waals surface area contributed by atoms with Gasteiger partial charge in [-0.05, 0) is 42.5 Å². The van der Waals surface area contributed by atoms with Crippen molar-refractivity contribution < 1.29 is 32.3 Å². The van der Waals surface area contributed by atoms with Gasteiger partial charge in [0.2, 0.25) is 11.7 Å². The molecule has 1 saturated heterocycles. The van der Waals surface area contributed by atoms with Crippen molar-refractivity contribution in [2.45, 2.75) is 12.2 Å². The Hall–Kier alpha value is -3.69. The lowest BCUT2D eigenvalue weighted by molar-refractivity contribution is -0.137. The molecule has 0 spiro atoms. The summed E-state index contributed by atoms with van der Waals surface area (Å²) in [4.78, 5) is 39.1. The Labute approximate surface area is 168 Å². The molecule has 154 valence electrons. The number of carbonyl (C=O) groups is 3. The van der Waals surface area contributed by atoms with Gasteiger partial charge in [-0.15, -0.1) is 0 Å². The predicted octanol–water partition coefficient (Wildman–Crippen LogP) is 2.41. The number of nitrogens with zero attached hydrogens (tertiary/aromatic N) is 2. The predicted molar refractivity (Wildman–Crippen MR) is 99.1 cm³/mol. The molecule has 2 aliphatic heterocycles. The topological polar surface area (TPSA) is 88.1 Å². The van der Waals surface area contributed by atoms with Crippen LogP contribution in [0.2, 0.25) is 0 Å². The average Bonchev–Trinajstić information content (AvgIpc) is 3.27. The SMILES string of the molecule is COc1ccc(C(=O)C2=NNC3C(=O)N(c4cccc(C(F)(F)F)c4)C(=O)C23)cc1. The highest BCUT2D eigenvalue weighted by molar-refractivity contribution is 6.52. The van der Waals surface area contributed by atoms with E-state index in [0.717, 1.165) is 18.2 Å². The molecule has 0 bridgehead atoms. The minimum Gasteiger partial charge on any atom is -0.497 e. The fourth-order valence-corrected chi connectivity index (χ4v) is 3.44. The molecule has 2 aromatic carbocycles. The number of rotatable bonds is 4. The third-order valence-electron chi connectivity index (χ3n) is 4.94. The number of ether oxygens (including phenoxy) is 1. The molecular formula is C20H14F3N3O4. The normalized spacial score (nSPS) is 20.7. The van der Waals surface area contributed by atoms with Gasteiger partial charge in [0, 0.05) is 5.56 Å².